The molecule has 1 unspecified atom stereocenters. The first kappa shape index (κ1) is 12.6. The molecular formula is C14H18N4. The van der Waals surface area contributed by atoms with Gasteiger partial charge in [-0.3, -0.25) is 0 Å². The van der Waals surface area contributed by atoms with E-state index in [2.05, 4.69) is 47.2 Å². The van der Waals surface area contributed by atoms with Gasteiger partial charge in [0.25, 0.3) is 0 Å². The lowest BCUT2D eigenvalue weighted by Crippen LogP contribution is -2.05. The molecule has 0 aliphatic heterocycles. The zero-order valence-corrected chi connectivity index (χ0v) is 11.0. The molecule has 0 spiro atoms. The molecule has 0 bridgehead atoms. The van der Waals surface area contributed by atoms with E-state index in [1.807, 2.05) is 18.3 Å². The van der Waals surface area contributed by atoms with Crippen LogP contribution in [0.4, 0.5) is 0 Å². The van der Waals surface area contributed by atoms with Crippen molar-refractivity contribution < 1.29 is 0 Å². The maximum absolute atomic E-state index is 4.19. The van der Waals surface area contributed by atoms with Crippen molar-refractivity contribution >= 4 is 0 Å². The largest absolute Gasteiger partial charge is 0.159 e. The molecule has 0 aromatic carbocycles. The van der Waals surface area contributed by atoms with E-state index in [4.69, 9.17) is 0 Å². The Bertz CT molecular complexity index is 496. The Morgan fingerprint density at radius 1 is 1.11 bits per heavy atom. The van der Waals surface area contributed by atoms with E-state index >= 15 is 0 Å². The summed E-state index contributed by atoms with van der Waals surface area (Å²) in [5, 5.41) is 16.3. The summed E-state index contributed by atoms with van der Waals surface area (Å²) in [7, 11) is 0. The van der Waals surface area contributed by atoms with Crippen molar-refractivity contribution in [2.45, 2.75) is 39.0 Å². The third kappa shape index (κ3) is 3.09. The van der Waals surface area contributed by atoms with E-state index < -0.39 is 0 Å². The summed E-state index contributed by atoms with van der Waals surface area (Å²) in [5.41, 5.74) is 3.24. The van der Waals surface area contributed by atoms with Crippen LogP contribution in [0.15, 0.2) is 30.6 Å². The van der Waals surface area contributed by atoms with Gasteiger partial charge in [0.1, 0.15) is 0 Å². The van der Waals surface area contributed by atoms with Crippen molar-refractivity contribution in [3.63, 3.8) is 0 Å². The van der Waals surface area contributed by atoms with Gasteiger partial charge in [0.15, 0.2) is 0 Å². The molecule has 1 atom stereocenters. The fourth-order valence-electron chi connectivity index (χ4n) is 1.84. The van der Waals surface area contributed by atoms with Crippen LogP contribution in [0.1, 0.15) is 49.6 Å². The van der Waals surface area contributed by atoms with Gasteiger partial charge >= 0.3 is 0 Å². The Hall–Kier alpha value is -1.84. The molecule has 18 heavy (non-hydrogen) atoms. The predicted molar refractivity (Wildman–Crippen MR) is 70.3 cm³/mol. The van der Waals surface area contributed by atoms with Crippen molar-refractivity contribution in [3.8, 4) is 0 Å². The summed E-state index contributed by atoms with van der Waals surface area (Å²) >= 11 is 0. The van der Waals surface area contributed by atoms with Crippen LogP contribution in [0.2, 0.25) is 0 Å². The molecule has 2 aromatic heterocycles. The number of rotatable bonds is 4. The lowest BCUT2D eigenvalue weighted by molar-refractivity contribution is 0.683. The fourth-order valence-corrected chi connectivity index (χ4v) is 1.84. The zero-order chi connectivity index (χ0) is 13.0. The second kappa shape index (κ2) is 5.67. The highest BCUT2D eigenvalue weighted by Gasteiger charge is 2.10. The van der Waals surface area contributed by atoms with Crippen molar-refractivity contribution in [1.82, 2.24) is 20.4 Å². The quantitative estimate of drug-likeness (QED) is 0.827. The van der Waals surface area contributed by atoms with E-state index in [1.54, 1.807) is 6.20 Å². The SMILES string of the molecule is CC(C)c1cnnc(CC(C)c2cccnn2)c1. The topological polar surface area (TPSA) is 51.6 Å². The Kier molecular flexibility index (Phi) is 3.97. The molecule has 0 saturated heterocycles. The van der Waals surface area contributed by atoms with E-state index in [9.17, 15) is 0 Å². The molecule has 4 heteroatoms. The summed E-state index contributed by atoms with van der Waals surface area (Å²) in [6.45, 7) is 6.45. The summed E-state index contributed by atoms with van der Waals surface area (Å²) < 4.78 is 0. The summed E-state index contributed by atoms with van der Waals surface area (Å²) in [6, 6.07) is 6.04. The lowest BCUT2D eigenvalue weighted by Gasteiger charge is -2.10. The van der Waals surface area contributed by atoms with Crippen LogP contribution >= 0.6 is 0 Å². The number of nitrogens with zero attached hydrogens (tertiary/aromatic N) is 4. The fraction of sp³-hybridized carbons (Fsp3) is 0.429. The molecule has 2 aromatic rings. The van der Waals surface area contributed by atoms with Crippen LogP contribution in [-0.2, 0) is 6.42 Å². The highest BCUT2D eigenvalue weighted by atomic mass is 15.1. The first-order valence-electron chi connectivity index (χ1n) is 6.26. The summed E-state index contributed by atoms with van der Waals surface area (Å²) in [4.78, 5) is 0. The van der Waals surface area contributed by atoms with Crippen molar-refractivity contribution in [1.29, 1.82) is 0 Å². The maximum atomic E-state index is 4.19. The van der Waals surface area contributed by atoms with Gasteiger partial charge < -0.3 is 0 Å². The molecule has 94 valence electrons. The standard InChI is InChI=1S/C14H18N4/c1-10(2)12-8-13(17-16-9-12)7-11(3)14-5-4-6-15-18-14/h4-6,8-11H,7H2,1-3H3. The molecular weight excluding hydrogens is 224 g/mol. The van der Waals surface area contributed by atoms with Gasteiger partial charge in [-0.15, -0.1) is 0 Å². The molecule has 0 N–H and O–H groups in total. The number of aromatic nitrogens is 4. The second-order valence-corrected chi connectivity index (χ2v) is 4.89. The average molecular weight is 242 g/mol. The van der Waals surface area contributed by atoms with Crippen LogP contribution in [-0.4, -0.2) is 20.4 Å². The van der Waals surface area contributed by atoms with Crippen LogP contribution in [0, 0.1) is 0 Å². The lowest BCUT2D eigenvalue weighted by atomic mass is 9.99. The second-order valence-electron chi connectivity index (χ2n) is 4.89. The van der Waals surface area contributed by atoms with Gasteiger partial charge in [-0.05, 0) is 36.1 Å². The van der Waals surface area contributed by atoms with E-state index in [-0.39, 0.29) is 0 Å². The number of hydrogen-bond acceptors (Lipinski definition) is 4. The normalized spacial score (nSPS) is 12.7. The predicted octanol–water partition coefficient (Wildman–Crippen LogP) is 2.74. The summed E-state index contributed by atoms with van der Waals surface area (Å²) in [6.07, 6.45) is 4.36. The minimum absolute atomic E-state index is 0.301. The van der Waals surface area contributed by atoms with Gasteiger partial charge in [-0.25, -0.2) is 0 Å². The van der Waals surface area contributed by atoms with Gasteiger partial charge in [-0.2, -0.15) is 20.4 Å². The smallest absolute Gasteiger partial charge is 0.0663 e. The van der Waals surface area contributed by atoms with Crippen LogP contribution in [0.5, 0.6) is 0 Å². The van der Waals surface area contributed by atoms with E-state index in [0.717, 1.165) is 17.8 Å². The van der Waals surface area contributed by atoms with Crippen molar-refractivity contribution in [2.24, 2.45) is 0 Å². The highest BCUT2D eigenvalue weighted by Crippen LogP contribution is 2.19. The maximum Gasteiger partial charge on any atom is 0.0663 e. The van der Waals surface area contributed by atoms with Crippen molar-refractivity contribution in [2.75, 3.05) is 0 Å². The molecule has 2 rings (SSSR count). The van der Waals surface area contributed by atoms with Crippen LogP contribution in [0.3, 0.4) is 0 Å². The van der Waals surface area contributed by atoms with Gasteiger partial charge in [0.2, 0.25) is 0 Å². The van der Waals surface area contributed by atoms with Gasteiger partial charge in [-0.1, -0.05) is 20.8 Å². The van der Waals surface area contributed by atoms with Crippen LogP contribution in [0.25, 0.3) is 0 Å². The Morgan fingerprint density at radius 3 is 2.61 bits per heavy atom. The third-order valence-corrected chi connectivity index (χ3v) is 3.01. The first-order valence-corrected chi connectivity index (χ1v) is 6.26. The molecule has 0 amide bonds. The molecule has 0 aliphatic rings. The third-order valence-electron chi connectivity index (χ3n) is 3.01. The minimum Gasteiger partial charge on any atom is -0.159 e. The average Bonchev–Trinajstić information content (AvgIpc) is 2.40. The van der Waals surface area contributed by atoms with Gasteiger partial charge in [0, 0.05) is 12.1 Å². The molecule has 0 saturated carbocycles. The Morgan fingerprint density at radius 2 is 1.94 bits per heavy atom. The minimum atomic E-state index is 0.301. The zero-order valence-electron chi connectivity index (χ0n) is 11.0. The van der Waals surface area contributed by atoms with Crippen LogP contribution < -0.4 is 0 Å². The molecule has 4 nitrogen and oxygen atoms in total. The van der Waals surface area contributed by atoms with E-state index in [1.165, 1.54) is 5.56 Å². The molecule has 2 heterocycles. The molecule has 0 aliphatic carbocycles. The summed E-state index contributed by atoms with van der Waals surface area (Å²) in [5.74, 6) is 0.779. The molecule has 0 radical (unpaired) electrons. The van der Waals surface area contributed by atoms with E-state index in [0.29, 0.717) is 11.8 Å². The van der Waals surface area contributed by atoms with Gasteiger partial charge in [0.05, 0.1) is 17.6 Å². The molecule has 0 fully saturated rings. The first-order chi connectivity index (χ1) is 8.66. The van der Waals surface area contributed by atoms with Crippen molar-refractivity contribution in [3.05, 3.63) is 47.5 Å². The monoisotopic (exact) mass is 242 g/mol. The Labute approximate surface area is 107 Å². The Balaban J connectivity index is 2.12. The highest BCUT2D eigenvalue weighted by molar-refractivity contribution is 5.18. The number of hydrogen-bond donors (Lipinski definition) is 0.